The summed E-state index contributed by atoms with van der Waals surface area (Å²) in [7, 11) is 0. The van der Waals surface area contributed by atoms with Crippen molar-refractivity contribution in [2.24, 2.45) is 0 Å². The Labute approximate surface area is 373 Å². The number of aryl methyl sites for hydroxylation is 2. The molecule has 0 unspecified atom stereocenters. The van der Waals surface area contributed by atoms with Crippen LogP contribution >= 0.6 is 0 Å². The van der Waals surface area contributed by atoms with Gasteiger partial charge in [0.1, 0.15) is 0 Å². The van der Waals surface area contributed by atoms with Gasteiger partial charge in [0.25, 0.3) is 0 Å². The van der Waals surface area contributed by atoms with Gasteiger partial charge in [-0.1, -0.05) is 169 Å². The first kappa shape index (κ1) is 37.6. The minimum absolute atomic E-state index is 1.10. The van der Waals surface area contributed by atoms with Gasteiger partial charge in [0.15, 0.2) is 0 Å². The molecule has 0 aliphatic rings. The highest BCUT2D eigenvalue weighted by Crippen LogP contribution is 2.42. The number of hydrogen-bond donors (Lipinski definition) is 0. The summed E-state index contributed by atoms with van der Waals surface area (Å²) in [5.41, 5.74) is 11.5. The molecular weight excluding hydrogens is 773 g/mol. The SMILES string of the molecule is Cc1ccc(N(c2ccc(C)cc2)c2ccc(-c3ccc(N(c4ccc5ccc6c7ccccc7ccc6c5c4)c4ccc5ccc6c7ccccc7ccc6c5c4)cc3)cc2)cc1. The van der Waals surface area contributed by atoms with Crippen molar-refractivity contribution in [2.75, 3.05) is 9.80 Å². The fraction of sp³-hybridized carbons (Fsp3) is 0.0323. The zero-order chi connectivity index (χ0) is 42.7. The van der Waals surface area contributed by atoms with E-state index < -0.39 is 0 Å². The number of benzene rings is 12. The Bertz CT molecular complexity index is 3510. The summed E-state index contributed by atoms with van der Waals surface area (Å²) in [4.78, 5) is 4.75. The standard InChI is InChI=1S/C62H44N2/c1-41-11-25-49(26-12-41)63(50-27-13-42(2)14-28-50)51-29-15-43(16-30-51)44-17-31-52(32-18-44)64(53-33-19-47-23-35-57-55-9-5-3-7-45(55)21-37-59(57)61(47)39-53)54-34-20-48-24-36-58-56-10-6-4-8-46(56)22-38-60(58)62(48)40-54/h3-40H,1-2H3. The Balaban J connectivity index is 0.977. The molecule has 12 rings (SSSR count). The van der Waals surface area contributed by atoms with Crippen LogP contribution in [-0.2, 0) is 0 Å². The molecular formula is C62H44N2. The van der Waals surface area contributed by atoms with E-state index in [-0.39, 0.29) is 0 Å². The van der Waals surface area contributed by atoms with E-state index >= 15 is 0 Å². The Morgan fingerprint density at radius 3 is 0.891 bits per heavy atom. The predicted octanol–water partition coefficient (Wildman–Crippen LogP) is 17.8. The van der Waals surface area contributed by atoms with Crippen molar-refractivity contribution < 1.29 is 0 Å². The average molecular weight is 817 g/mol. The molecule has 0 aliphatic carbocycles. The molecule has 0 N–H and O–H groups in total. The van der Waals surface area contributed by atoms with Crippen LogP contribution in [0.3, 0.4) is 0 Å². The van der Waals surface area contributed by atoms with Crippen LogP contribution in [0.4, 0.5) is 34.1 Å². The molecule has 0 atom stereocenters. The third-order valence-corrected chi connectivity index (χ3v) is 13.1. The minimum Gasteiger partial charge on any atom is -0.311 e. The van der Waals surface area contributed by atoms with Gasteiger partial charge in [-0.15, -0.1) is 0 Å². The zero-order valence-corrected chi connectivity index (χ0v) is 35.8. The lowest BCUT2D eigenvalue weighted by Gasteiger charge is -2.27. The quantitative estimate of drug-likeness (QED) is 0.148. The molecule has 0 spiro atoms. The fourth-order valence-corrected chi connectivity index (χ4v) is 9.78. The largest absolute Gasteiger partial charge is 0.311 e. The lowest BCUT2D eigenvalue weighted by molar-refractivity contribution is 1.27. The van der Waals surface area contributed by atoms with Crippen molar-refractivity contribution in [1.29, 1.82) is 0 Å². The van der Waals surface area contributed by atoms with Crippen LogP contribution in [0.25, 0.3) is 75.8 Å². The Morgan fingerprint density at radius 2 is 0.500 bits per heavy atom. The molecule has 2 heteroatoms. The number of nitrogens with zero attached hydrogens (tertiary/aromatic N) is 2. The molecule has 0 heterocycles. The third kappa shape index (κ3) is 6.51. The number of hydrogen-bond acceptors (Lipinski definition) is 2. The lowest BCUT2D eigenvalue weighted by atomic mass is 9.96. The Hall–Kier alpha value is -8.20. The maximum Gasteiger partial charge on any atom is 0.0468 e. The lowest BCUT2D eigenvalue weighted by Crippen LogP contribution is -2.10. The van der Waals surface area contributed by atoms with Gasteiger partial charge in [-0.3, -0.25) is 0 Å². The van der Waals surface area contributed by atoms with E-state index in [0.717, 1.165) is 34.1 Å². The van der Waals surface area contributed by atoms with Gasteiger partial charge in [0, 0.05) is 34.1 Å². The van der Waals surface area contributed by atoms with Crippen LogP contribution in [0.15, 0.2) is 231 Å². The first-order chi connectivity index (χ1) is 31.5. The van der Waals surface area contributed by atoms with E-state index in [2.05, 4.69) is 254 Å². The second-order valence-electron chi connectivity index (χ2n) is 17.1. The highest BCUT2D eigenvalue weighted by atomic mass is 15.1. The molecule has 0 saturated carbocycles. The summed E-state index contributed by atoms with van der Waals surface area (Å²) in [5, 5.41) is 15.1. The Kier molecular flexibility index (Phi) is 8.98. The van der Waals surface area contributed by atoms with Crippen molar-refractivity contribution >= 4 is 98.8 Å². The van der Waals surface area contributed by atoms with E-state index in [4.69, 9.17) is 0 Å². The molecule has 64 heavy (non-hydrogen) atoms. The highest BCUT2D eigenvalue weighted by Gasteiger charge is 2.18. The van der Waals surface area contributed by atoms with Crippen molar-refractivity contribution in [3.05, 3.63) is 242 Å². The molecule has 12 aromatic rings. The van der Waals surface area contributed by atoms with Crippen molar-refractivity contribution in [1.82, 2.24) is 0 Å². The fourth-order valence-electron chi connectivity index (χ4n) is 9.78. The smallest absolute Gasteiger partial charge is 0.0468 e. The van der Waals surface area contributed by atoms with Gasteiger partial charge in [0.2, 0.25) is 0 Å². The van der Waals surface area contributed by atoms with Gasteiger partial charge < -0.3 is 9.80 Å². The van der Waals surface area contributed by atoms with E-state index in [1.807, 2.05) is 0 Å². The zero-order valence-electron chi connectivity index (χ0n) is 35.8. The first-order valence-electron chi connectivity index (χ1n) is 22.2. The van der Waals surface area contributed by atoms with Crippen LogP contribution in [0, 0.1) is 13.8 Å². The summed E-state index contributed by atoms with van der Waals surface area (Å²) in [6, 6.07) is 85.0. The van der Waals surface area contributed by atoms with Crippen LogP contribution in [0.1, 0.15) is 11.1 Å². The monoisotopic (exact) mass is 816 g/mol. The van der Waals surface area contributed by atoms with E-state index in [1.165, 1.54) is 86.9 Å². The third-order valence-electron chi connectivity index (χ3n) is 13.1. The van der Waals surface area contributed by atoms with Crippen molar-refractivity contribution in [3.63, 3.8) is 0 Å². The summed E-state index contributed by atoms with van der Waals surface area (Å²) in [5.74, 6) is 0. The topological polar surface area (TPSA) is 6.48 Å². The molecule has 12 aromatic carbocycles. The Morgan fingerprint density at radius 1 is 0.219 bits per heavy atom. The summed E-state index contributed by atoms with van der Waals surface area (Å²) in [6.45, 7) is 4.27. The molecule has 0 aromatic heterocycles. The molecule has 0 aliphatic heterocycles. The maximum absolute atomic E-state index is 2.42. The van der Waals surface area contributed by atoms with Gasteiger partial charge in [0.05, 0.1) is 0 Å². The summed E-state index contributed by atoms with van der Waals surface area (Å²) < 4.78 is 0. The predicted molar refractivity (Wildman–Crippen MR) is 276 cm³/mol. The molecule has 302 valence electrons. The van der Waals surface area contributed by atoms with Crippen LogP contribution in [-0.4, -0.2) is 0 Å². The molecule has 0 radical (unpaired) electrons. The second-order valence-corrected chi connectivity index (χ2v) is 17.1. The van der Waals surface area contributed by atoms with Gasteiger partial charge >= 0.3 is 0 Å². The number of anilines is 6. The van der Waals surface area contributed by atoms with Crippen LogP contribution in [0.5, 0.6) is 0 Å². The maximum atomic E-state index is 2.42. The first-order valence-corrected chi connectivity index (χ1v) is 22.2. The summed E-state index contributed by atoms with van der Waals surface area (Å²) in [6.07, 6.45) is 0. The van der Waals surface area contributed by atoms with E-state index in [1.54, 1.807) is 0 Å². The molecule has 0 saturated heterocycles. The van der Waals surface area contributed by atoms with Gasteiger partial charge in [-0.05, 0) is 162 Å². The van der Waals surface area contributed by atoms with E-state index in [9.17, 15) is 0 Å². The van der Waals surface area contributed by atoms with Crippen LogP contribution < -0.4 is 9.80 Å². The summed E-state index contributed by atoms with van der Waals surface area (Å²) >= 11 is 0. The number of rotatable bonds is 7. The minimum atomic E-state index is 1.10. The average Bonchev–Trinajstić information content (AvgIpc) is 3.35. The molecule has 0 bridgehead atoms. The number of fused-ring (bicyclic) bond motifs is 10. The normalized spacial score (nSPS) is 11.6. The van der Waals surface area contributed by atoms with Gasteiger partial charge in [-0.25, -0.2) is 0 Å². The molecule has 2 nitrogen and oxygen atoms in total. The molecule has 0 amide bonds. The van der Waals surface area contributed by atoms with Crippen molar-refractivity contribution in [3.8, 4) is 11.1 Å². The molecule has 0 fully saturated rings. The van der Waals surface area contributed by atoms with Crippen LogP contribution in [0.2, 0.25) is 0 Å². The second kappa shape index (κ2) is 15.3. The van der Waals surface area contributed by atoms with Gasteiger partial charge in [-0.2, -0.15) is 0 Å². The van der Waals surface area contributed by atoms with E-state index in [0.29, 0.717) is 0 Å². The highest BCUT2D eigenvalue weighted by molar-refractivity contribution is 6.19. The van der Waals surface area contributed by atoms with Crippen molar-refractivity contribution in [2.45, 2.75) is 13.8 Å².